The van der Waals surface area contributed by atoms with E-state index in [-0.39, 0.29) is 0 Å². The highest BCUT2D eigenvalue weighted by Crippen LogP contribution is 2.28. The maximum atomic E-state index is 5.58. The molecule has 88 valence electrons. The Morgan fingerprint density at radius 2 is 1.00 bits per heavy atom. The molecule has 0 aromatic rings. The van der Waals surface area contributed by atoms with Gasteiger partial charge in [0.25, 0.3) is 0 Å². The minimum absolute atomic E-state index is 0.829. The van der Waals surface area contributed by atoms with Crippen LogP contribution in [-0.4, -0.2) is 13.2 Å². The zero-order chi connectivity index (χ0) is 11.8. The summed E-state index contributed by atoms with van der Waals surface area (Å²) in [5.41, 5.74) is 0. The molecule has 0 heterocycles. The molecule has 0 aliphatic heterocycles. The van der Waals surface area contributed by atoms with Crippen molar-refractivity contribution >= 4 is 136 Å². The van der Waals surface area contributed by atoms with Crippen LogP contribution in [0, 0.1) is 0 Å². The third-order valence-electron chi connectivity index (χ3n) is 1.34. The van der Waals surface area contributed by atoms with Crippen LogP contribution in [0.25, 0.3) is 0 Å². The van der Waals surface area contributed by atoms with Gasteiger partial charge < -0.3 is 4.74 Å². The average molecular weight is 882 g/mol. The standard InChI is InChI=1S/C8H8I6O/c9-5(7(11)12)1-3-15-4-2-6(10)8(13)14/h1-4H2. The fraction of sp³-hybridized carbons (Fsp3) is 0.500. The Kier molecular flexibility index (Phi) is 14.6. The predicted molar refractivity (Wildman–Crippen MR) is 118 cm³/mol. The van der Waals surface area contributed by atoms with Crippen LogP contribution in [0.4, 0.5) is 0 Å². The maximum Gasteiger partial charge on any atom is 0.0607 e. The van der Waals surface area contributed by atoms with E-state index in [2.05, 4.69) is 136 Å². The summed E-state index contributed by atoms with van der Waals surface area (Å²) >= 11 is 14.1. The molecule has 1 nitrogen and oxygen atoms in total. The first-order valence-electron chi connectivity index (χ1n) is 3.92. The van der Waals surface area contributed by atoms with E-state index < -0.39 is 0 Å². The van der Waals surface area contributed by atoms with Crippen LogP contribution in [0.15, 0.2) is 10.3 Å². The fourth-order valence-corrected chi connectivity index (χ4v) is 2.13. The lowest BCUT2D eigenvalue weighted by molar-refractivity contribution is 0.143. The van der Waals surface area contributed by atoms with E-state index >= 15 is 0 Å². The fourth-order valence-electron chi connectivity index (χ4n) is 0.615. The van der Waals surface area contributed by atoms with Crippen LogP contribution in [0.5, 0.6) is 0 Å². The zero-order valence-electron chi connectivity index (χ0n) is 7.50. The first-order valence-corrected chi connectivity index (χ1v) is 10.4. The maximum absolute atomic E-state index is 5.58. The van der Waals surface area contributed by atoms with Crippen LogP contribution >= 0.6 is 136 Å². The van der Waals surface area contributed by atoms with Crippen molar-refractivity contribution in [1.82, 2.24) is 0 Å². The molecular formula is C8H8I6O. The smallest absolute Gasteiger partial charge is 0.0607 e. The molecule has 0 N–H and O–H groups in total. The number of hydrogen-bond donors (Lipinski definition) is 0. The Morgan fingerprint density at radius 1 is 0.667 bits per heavy atom. The SMILES string of the molecule is IC(I)=C(I)CCOCCC(I)=C(I)I. The van der Waals surface area contributed by atoms with E-state index in [0.717, 1.165) is 26.1 Å². The third-order valence-corrected chi connectivity index (χ3v) is 10.2. The molecule has 0 rings (SSSR count). The lowest BCUT2D eigenvalue weighted by atomic mass is 10.4. The van der Waals surface area contributed by atoms with Crippen LogP contribution in [0.2, 0.25) is 0 Å². The van der Waals surface area contributed by atoms with Crippen molar-refractivity contribution in [2.75, 3.05) is 13.2 Å². The van der Waals surface area contributed by atoms with Crippen LogP contribution in [0.3, 0.4) is 0 Å². The molecule has 0 fully saturated rings. The van der Waals surface area contributed by atoms with Gasteiger partial charge in [-0.3, -0.25) is 0 Å². The summed E-state index contributed by atoms with van der Waals surface area (Å²) in [5.74, 6) is 0. The second-order valence-electron chi connectivity index (χ2n) is 2.44. The Balaban J connectivity index is 3.58. The molecule has 0 radical (unpaired) electrons. The summed E-state index contributed by atoms with van der Waals surface area (Å²) in [5, 5.41) is 0. The molecule has 0 spiro atoms. The average Bonchev–Trinajstić information content (AvgIpc) is 2.16. The molecule has 7 heteroatoms. The number of ether oxygens (including phenoxy) is 1. The van der Waals surface area contributed by atoms with E-state index in [1.165, 1.54) is 10.3 Å². The Hall–Kier alpha value is 3.82. The van der Waals surface area contributed by atoms with E-state index in [4.69, 9.17) is 4.74 Å². The predicted octanol–water partition coefficient (Wildman–Crippen LogP) is 6.73. The normalized spacial score (nSPS) is 10.0. The second kappa shape index (κ2) is 11.6. The molecule has 0 saturated heterocycles. The van der Waals surface area contributed by atoms with E-state index in [1.807, 2.05) is 0 Å². The molecule has 0 bridgehead atoms. The number of hydrogen-bond acceptors (Lipinski definition) is 1. The van der Waals surface area contributed by atoms with Gasteiger partial charge in [-0.05, 0) is 136 Å². The Morgan fingerprint density at radius 3 is 1.27 bits per heavy atom. The van der Waals surface area contributed by atoms with Gasteiger partial charge in [-0.1, -0.05) is 0 Å². The number of halogens is 6. The van der Waals surface area contributed by atoms with Gasteiger partial charge in [0, 0.05) is 20.0 Å². The molecule has 0 aliphatic rings. The van der Waals surface area contributed by atoms with Gasteiger partial charge in [0.15, 0.2) is 0 Å². The minimum atomic E-state index is 0.829. The van der Waals surface area contributed by atoms with Crippen molar-refractivity contribution in [3.8, 4) is 0 Å². The molecule has 15 heavy (non-hydrogen) atoms. The first-order chi connectivity index (χ1) is 6.95. The van der Waals surface area contributed by atoms with Gasteiger partial charge in [-0.2, -0.15) is 0 Å². The van der Waals surface area contributed by atoms with E-state index in [1.54, 1.807) is 0 Å². The molecule has 0 aromatic carbocycles. The van der Waals surface area contributed by atoms with Gasteiger partial charge in [0.2, 0.25) is 0 Å². The quantitative estimate of drug-likeness (QED) is 0.213. The zero-order valence-corrected chi connectivity index (χ0v) is 20.4. The van der Waals surface area contributed by atoms with Crippen LogP contribution in [0.1, 0.15) is 12.8 Å². The van der Waals surface area contributed by atoms with Gasteiger partial charge >= 0.3 is 0 Å². The highest BCUT2D eigenvalue weighted by atomic mass is 127. The topological polar surface area (TPSA) is 9.23 Å². The van der Waals surface area contributed by atoms with Gasteiger partial charge in [-0.15, -0.1) is 0 Å². The molecule has 0 aliphatic carbocycles. The molecule has 0 amide bonds. The summed E-state index contributed by atoms with van der Waals surface area (Å²) in [6.07, 6.45) is 2.06. The second-order valence-corrected chi connectivity index (χ2v) is 13.5. The van der Waals surface area contributed by atoms with Gasteiger partial charge in [0.1, 0.15) is 0 Å². The van der Waals surface area contributed by atoms with Crippen molar-refractivity contribution in [3.05, 3.63) is 10.3 Å². The van der Waals surface area contributed by atoms with Gasteiger partial charge in [-0.25, -0.2) is 0 Å². The van der Waals surface area contributed by atoms with Crippen LogP contribution in [-0.2, 0) is 4.74 Å². The van der Waals surface area contributed by atoms with E-state index in [9.17, 15) is 0 Å². The molecule has 0 aromatic heterocycles. The summed E-state index contributed by atoms with van der Waals surface area (Å²) in [4.78, 5) is 0. The number of rotatable bonds is 6. The summed E-state index contributed by atoms with van der Waals surface area (Å²) < 4.78 is 11.0. The van der Waals surface area contributed by atoms with Crippen LogP contribution < -0.4 is 0 Å². The first kappa shape index (κ1) is 18.8. The summed E-state index contributed by atoms with van der Waals surface area (Å²) in [6.45, 7) is 1.66. The van der Waals surface area contributed by atoms with Crippen molar-refractivity contribution in [3.63, 3.8) is 0 Å². The van der Waals surface area contributed by atoms with Crippen molar-refractivity contribution < 1.29 is 4.74 Å². The monoisotopic (exact) mass is 881 g/mol. The van der Waals surface area contributed by atoms with Gasteiger partial charge in [0.05, 0.1) is 16.4 Å². The summed E-state index contributed by atoms with van der Waals surface area (Å²) in [6, 6.07) is 0. The van der Waals surface area contributed by atoms with Crippen molar-refractivity contribution in [1.29, 1.82) is 0 Å². The molecule has 0 unspecified atom stereocenters. The third kappa shape index (κ3) is 11.4. The lowest BCUT2D eigenvalue weighted by Gasteiger charge is -2.04. The highest BCUT2D eigenvalue weighted by Gasteiger charge is 1.99. The molecule has 0 atom stereocenters. The summed E-state index contributed by atoms with van der Waals surface area (Å²) in [7, 11) is 0. The molecule has 0 saturated carbocycles. The minimum Gasteiger partial charge on any atom is -0.381 e. The van der Waals surface area contributed by atoms with E-state index in [0.29, 0.717) is 0 Å². The Labute approximate surface area is 173 Å². The highest BCUT2D eigenvalue weighted by molar-refractivity contribution is 14.2. The Bertz CT molecular complexity index is 226. The lowest BCUT2D eigenvalue weighted by Crippen LogP contribution is -1.97. The van der Waals surface area contributed by atoms with Crippen molar-refractivity contribution in [2.24, 2.45) is 0 Å². The largest absolute Gasteiger partial charge is 0.381 e. The van der Waals surface area contributed by atoms with Crippen molar-refractivity contribution in [2.45, 2.75) is 12.8 Å². The molecular weight excluding hydrogens is 874 g/mol.